The number of nitrogens with one attached hydrogen (secondary N) is 13. The minimum Gasteiger partial charge on any atom is -0.481 e. The molecule has 14 amide bonds. The standard InChI is InChI=1S/C75H118N18O27S3/c76-60(94)42-118-43-63(97)80-18-22-110-26-30-114-33-29-113-25-21-83-69(104)59-49-123-50-66(100)87-54(14-7-8-16-79-62(96)44-119-45-64(98)81-19-23-111-27-31-115-34-36-117-37-35-116-32-28-112-24-20-82-65(99)46-120-86-40-52-12-5-2-6-13-52)70(105)91-57(47-121)73(108)89-53(15-9-17-84-75(77)78)68(103)85-41-61(95)88-56(39-67(101)102)72(107)92-58(48-122)74(109)90-55(71(106)93-59)38-51-10-3-1-4-11-51/h1-6,10-13,40,53-59,121-122H,7-9,14-39,41-50H2,(H2,76,94)(H,79,96)(H,80,97)(H,81,98)(H,82,99)(H,83,104)(H,85,103)(H,87,100)(H,88,95)(H,89,108)(H,90,109)(H,91,105)(H,92,107)(H,93,106)(H,101,102)(H4,77,78,84). The number of guanidine groups is 1. The van der Waals surface area contributed by atoms with Crippen molar-refractivity contribution < 1.29 is 129 Å². The first-order valence-electron chi connectivity index (χ1n) is 39.5. The molecule has 7 atom stereocenters. The Morgan fingerprint density at radius 3 is 1.36 bits per heavy atom. The van der Waals surface area contributed by atoms with Crippen LogP contribution in [0.1, 0.15) is 49.7 Å². The van der Waals surface area contributed by atoms with Crippen LogP contribution in [-0.2, 0) is 131 Å². The van der Waals surface area contributed by atoms with Crippen LogP contribution in [0.25, 0.3) is 0 Å². The number of oxime groups is 1. The molecule has 688 valence electrons. The van der Waals surface area contributed by atoms with Gasteiger partial charge in [0.1, 0.15) is 68.7 Å². The number of carboxylic acid groups (broad SMARTS) is 1. The highest BCUT2D eigenvalue weighted by Gasteiger charge is 2.34. The van der Waals surface area contributed by atoms with Gasteiger partial charge in [0.25, 0.3) is 5.91 Å². The van der Waals surface area contributed by atoms with Gasteiger partial charge in [0, 0.05) is 62.9 Å². The highest BCUT2D eigenvalue weighted by molar-refractivity contribution is 8.00. The lowest BCUT2D eigenvalue weighted by atomic mass is 10.0. The van der Waals surface area contributed by atoms with E-state index >= 15 is 0 Å². The topological polar surface area (TPSA) is 637 Å². The van der Waals surface area contributed by atoms with E-state index in [2.05, 4.69) is 105 Å². The average molecular weight is 1800 g/mol. The molecule has 0 aromatic heterocycles. The number of ether oxygens (including phenoxy) is 10. The van der Waals surface area contributed by atoms with Crippen LogP contribution in [0.2, 0.25) is 0 Å². The number of amides is 14. The summed E-state index contributed by atoms with van der Waals surface area (Å²) in [7, 11) is 0. The molecule has 1 aliphatic heterocycles. The maximum atomic E-state index is 14.6. The fourth-order valence-corrected chi connectivity index (χ4v) is 11.6. The van der Waals surface area contributed by atoms with Gasteiger partial charge in [-0.2, -0.15) is 25.3 Å². The minimum atomic E-state index is -1.88. The van der Waals surface area contributed by atoms with E-state index in [-0.39, 0.29) is 167 Å². The second-order valence-electron chi connectivity index (χ2n) is 26.3. The van der Waals surface area contributed by atoms with Gasteiger partial charge >= 0.3 is 5.97 Å². The van der Waals surface area contributed by atoms with Gasteiger partial charge in [-0.05, 0) is 43.2 Å². The number of hydrogen-bond donors (Lipinski definition) is 19. The summed E-state index contributed by atoms with van der Waals surface area (Å²) in [5.74, 6) is -14.7. The first-order valence-corrected chi connectivity index (χ1v) is 41.9. The summed E-state index contributed by atoms with van der Waals surface area (Å²) in [5, 5.41) is 46.5. The predicted molar refractivity (Wildman–Crippen MR) is 450 cm³/mol. The number of benzene rings is 2. The number of aliphatic imine (C=N–C) groups is 1. The number of hydrogen-bond acceptors (Lipinski definition) is 31. The maximum absolute atomic E-state index is 14.6. The SMILES string of the molecule is NC(=O)COCC(=O)NCCOCCOCCOCCNC(=O)C1CSCC(=O)NC(CCCCNC(=O)COCC(=O)NCCOCCOCCOCCOCCOCCNC(=O)CON=Cc2ccccc2)C(=O)NC(CS)C(=O)NC(CCCN=C(N)N)C(=O)NCC(=O)NC(CC(=O)O)C(=O)NC(CS)C(=O)NC(Cc2ccccc2)C(=O)N1. The summed E-state index contributed by atoms with van der Waals surface area (Å²) < 4.78 is 54.1. The number of thioether (sulfide) groups is 1. The van der Waals surface area contributed by atoms with E-state index in [1.165, 1.54) is 6.21 Å². The molecule has 1 heterocycles. The monoisotopic (exact) mass is 1800 g/mol. The van der Waals surface area contributed by atoms with E-state index in [9.17, 15) is 77.0 Å². The van der Waals surface area contributed by atoms with Crippen molar-refractivity contribution >= 4 is 138 Å². The summed E-state index contributed by atoms with van der Waals surface area (Å²) in [6.07, 6.45) is 0.407. The molecule has 123 heavy (non-hydrogen) atoms. The van der Waals surface area contributed by atoms with Gasteiger partial charge in [-0.3, -0.25) is 76.9 Å². The number of primary amides is 1. The Hall–Kier alpha value is -10.1. The van der Waals surface area contributed by atoms with Gasteiger partial charge in [-0.1, -0.05) is 65.8 Å². The Labute approximate surface area is 726 Å². The lowest BCUT2D eigenvalue weighted by molar-refractivity contribution is -0.141. The van der Waals surface area contributed by atoms with Crippen molar-refractivity contribution in [2.24, 2.45) is 27.3 Å². The Morgan fingerprint density at radius 2 is 0.862 bits per heavy atom. The number of nitrogens with two attached hydrogens (primary N) is 3. The first kappa shape index (κ1) is 107. The number of carboxylic acids is 1. The zero-order valence-electron chi connectivity index (χ0n) is 68.5. The van der Waals surface area contributed by atoms with Crippen molar-refractivity contribution in [1.29, 1.82) is 0 Å². The molecular formula is C75H118N18O27S3. The number of aliphatic carboxylic acids is 1. The Morgan fingerprint density at radius 1 is 0.447 bits per heavy atom. The zero-order valence-corrected chi connectivity index (χ0v) is 71.1. The van der Waals surface area contributed by atoms with E-state index in [0.717, 1.165) is 17.3 Å². The van der Waals surface area contributed by atoms with Crippen molar-refractivity contribution in [3.8, 4) is 0 Å². The van der Waals surface area contributed by atoms with E-state index in [1.54, 1.807) is 30.3 Å². The molecule has 48 heteroatoms. The lowest BCUT2D eigenvalue weighted by Gasteiger charge is -2.26. The molecule has 0 saturated carbocycles. The highest BCUT2D eigenvalue weighted by Crippen LogP contribution is 2.12. The third kappa shape index (κ3) is 54.9. The summed E-state index contributed by atoms with van der Waals surface area (Å²) in [5.41, 5.74) is 17.3. The van der Waals surface area contributed by atoms with Crippen LogP contribution in [0.4, 0.5) is 0 Å². The summed E-state index contributed by atoms with van der Waals surface area (Å²) in [4.78, 5) is 207. The quantitative estimate of drug-likeness (QED) is 0.00962. The highest BCUT2D eigenvalue weighted by atomic mass is 32.2. The predicted octanol–water partition coefficient (Wildman–Crippen LogP) is -7.67. The van der Waals surface area contributed by atoms with Crippen molar-refractivity contribution in [2.75, 3.05) is 208 Å². The third-order valence-electron chi connectivity index (χ3n) is 16.3. The fourth-order valence-electron chi connectivity index (χ4n) is 10.3. The van der Waals surface area contributed by atoms with Crippen LogP contribution in [-0.4, -0.2) is 356 Å². The summed E-state index contributed by atoms with van der Waals surface area (Å²) in [6.45, 7) is 1.21. The second-order valence-corrected chi connectivity index (χ2v) is 28.1. The number of nitrogens with zero attached hydrogens (tertiary/aromatic N) is 2. The number of carbonyl (C=O) groups is 15. The van der Waals surface area contributed by atoms with Crippen molar-refractivity contribution in [2.45, 2.75) is 87.2 Å². The van der Waals surface area contributed by atoms with E-state index in [4.69, 9.17) is 69.4 Å². The number of rotatable bonds is 58. The molecule has 20 N–H and O–H groups in total. The van der Waals surface area contributed by atoms with Crippen molar-refractivity contribution in [3.63, 3.8) is 0 Å². The fraction of sp³-hybridized carbons (Fsp3) is 0.613. The number of thiol groups is 2. The molecular weight excluding hydrogens is 1680 g/mol. The molecule has 0 radical (unpaired) electrons. The molecule has 1 aliphatic rings. The number of carbonyl (C=O) groups excluding carboxylic acids is 14. The van der Waals surface area contributed by atoms with Gasteiger partial charge in [0.2, 0.25) is 76.8 Å². The third-order valence-corrected chi connectivity index (χ3v) is 18.1. The molecule has 2 aromatic rings. The number of unbranched alkanes of at least 4 members (excludes halogenated alkanes) is 1. The molecule has 3 rings (SSSR count). The van der Waals surface area contributed by atoms with Crippen molar-refractivity contribution in [3.05, 3.63) is 71.8 Å². The molecule has 1 fully saturated rings. The maximum Gasteiger partial charge on any atom is 0.305 e. The van der Waals surface area contributed by atoms with Gasteiger partial charge in [0.05, 0.1) is 131 Å². The molecule has 0 aliphatic carbocycles. The van der Waals surface area contributed by atoms with Crippen LogP contribution in [0, 0.1) is 0 Å². The zero-order chi connectivity index (χ0) is 89.9. The Balaban J connectivity index is 1.63. The Bertz CT molecular complexity index is 3570. The average Bonchev–Trinajstić information content (AvgIpc) is 1.24. The van der Waals surface area contributed by atoms with Crippen LogP contribution in [0.15, 0.2) is 70.8 Å². The molecule has 0 spiro atoms. The Kier molecular flexibility index (Phi) is 59.5. The molecule has 7 unspecified atom stereocenters. The van der Waals surface area contributed by atoms with Crippen LogP contribution < -0.4 is 86.3 Å². The van der Waals surface area contributed by atoms with Gasteiger partial charge in [-0.25, -0.2) is 0 Å². The van der Waals surface area contributed by atoms with Gasteiger partial charge < -0.3 is 144 Å². The van der Waals surface area contributed by atoms with Crippen LogP contribution >= 0.6 is 37.0 Å². The first-order chi connectivity index (χ1) is 59.4. The normalized spacial score (nSPS) is 18.0. The lowest BCUT2D eigenvalue weighted by Crippen LogP contribution is -2.60. The van der Waals surface area contributed by atoms with Gasteiger partial charge in [0.15, 0.2) is 12.6 Å². The van der Waals surface area contributed by atoms with Gasteiger partial charge in [-0.15, -0.1) is 11.8 Å². The second kappa shape index (κ2) is 68.3. The molecule has 2 aromatic carbocycles. The molecule has 1 saturated heterocycles. The molecule has 0 bridgehead atoms. The molecule has 45 nitrogen and oxygen atoms in total. The van der Waals surface area contributed by atoms with E-state index in [0.29, 0.717) is 58.4 Å². The van der Waals surface area contributed by atoms with Crippen LogP contribution in [0.3, 0.4) is 0 Å². The summed E-state index contributed by atoms with van der Waals surface area (Å²) >= 11 is 9.38. The van der Waals surface area contributed by atoms with Crippen LogP contribution in [0.5, 0.6) is 0 Å². The van der Waals surface area contributed by atoms with E-state index < -0.39 is 169 Å². The van der Waals surface area contributed by atoms with E-state index in [1.807, 2.05) is 30.3 Å². The minimum absolute atomic E-state index is 0.0302. The largest absolute Gasteiger partial charge is 0.481 e. The summed E-state index contributed by atoms with van der Waals surface area (Å²) in [6, 6.07) is 6.79. The van der Waals surface area contributed by atoms with Crippen molar-refractivity contribution in [1.82, 2.24) is 69.1 Å². The smallest absolute Gasteiger partial charge is 0.305 e.